The summed E-state index contributed by atoms with van der Waals surface area (Å²) in [4.78, 5) is 0. The van der Waals surface area contributed by atoms with E-state index in [0.29, 0.717) is 0 Å². The lowest BCUT2D eigenvalue weighted by Gasteiger charge is -2.52. The van der Waals surface area contributed by atoms with Crippen LogP contribution in [-0.2, 0) is 52.1 Å². The zero-order valence-corrected chi connectivity index (χ0v) is 27.5. The van der Waals surface area contributed by atoms with Crippen LogP contribution in [0.2, 0.25) is 0 Å². The molecule has 0 aromatic carbocycles. The predicted octanol–water partition coefficient (Wildman–Crippen LogP) is -3.63. The molecular weight excluding hydrogens is 636 g/mol. The molecule has 16 atom stereocenters. The Kier molecular flexibility index (Phi) is 15.6. The molecule has 18 heteroatoms. The van der Waals surface area contributed by atoms with Crippen molar-refractivity contribution in [2.24, 2.45) is 0 Å². The molecule has 3 heterocycles. The normalized spacial score (nSPS) is 43.4. The first-order valence-electron chi connectivity index (χ1n) is 15.2. The third-order valence-corrected chi connectivity index (χ3v) is 8.16. The number of aliphatic hydroxyl groups is 7. The highest BCUT2D eigenvalue weighted by Crippen LogP contribution is 2.38. The molecule has 3 rings (SSSR count). The van der Waals surface area contributed by atoms with Gasteiger partial charge in [0.05, 0.1) is 39.6 Å². The van der Waals surface area contributed by atoms with Gasteiger partial charge < -0.3 is 87.9 Å². The Hall–Kier alpha value is -1.14. The Balaban J connectivity index is 1.94. The van der Waals surface area contributed by atoms with Gasteiger partial charge in [0, 0.05) is 21.3 Å². The predicted molar refractivity (Wildman–Crippen MR) is 156 cm³/mol. The van der Waals surface area contributed by atoms with E-state index in [9.17, 15) is 35.7 Å². The summed E-state index contributed by atoms with van der Waals surface area (Å²) in [7, 11) is 5.40. The monoisotopic (exact) mass is 688 g/mol. The summed E-state index contributed by atoms with van der Waals surface area (Å²) in [5.41, 5.74) is 0. The molecule has 9 unspecified atom stereocenters. The van der Waals surface area contributed by atoms with Crippen molar-refractivity contribution in [3.05, 3.63) is 12.3 Å². The first kappa shape index (κ1) is 40.3. The van der Waals surface area contributed by atoms with Gasteiger partial charge in [0.1, 0.15) is 85.6 Å². The third-order valence-electron chi connectivity index (χ3n) is 8.16. The fourth-order valence-corrected chi connectivity index (χ4v) is 5.77. The van der Waals surface area contributed by atoms with Crippen molar-refractivity contribution in [3.8, 4) is 0 Å². The Labute approximate surface area is 273 Å². The van der Waals surface area contributed by atoms with Gasteiger partial charge in [0.2, 0.25) is 0 Å². The van der Waals surface area contributed by atoms with Gasteiger partial charge in [-0.2, -0.15) is 0 Å². The molecule has 7 N–H and O–H groups in total. The number of aliphatic hydroxyl groups excluding tert-OH is 7. The Morgan fingerprint density at radius 2 is 1.43 bits per heavy atom. The quantitative estimate of drug-likeness (QED) is 0.0729. The van der Waals surface area contributed by atoms with Crippen LogP contribution in [0.4, 0.5) is 0 Å². The average molecular weight is 689 g/mol. The fourth-order valence-electron chi connectivity index (χ4n) is 5.77. The second kappa shape index (κ2) is 18.2. The second-order valence-corrected chi connectivity index (χ2v) is 11.9. The van der Waals surface area contributed by atoms with E-state index in [-0.39, 0.29) is 38.8 Å². The van der Waals surface area contributed by atoms with E-state index >= 15 is 0 Å². The van der Waals surface area contributed by atoms with Crippen LogP contribution in [-0.4, -0.2) is 195 Å². The van der Waals surface area contributed by atoms with E-state index in [1.54, 1.807) is 0 Å². The van der Waals surface area contributed by atoms with Crippen molar-refractivity contribution in [2.75, 3.05) is 61.5 Å². The van der Waals surface area contributed by atoms with Gasteiger partial charge in [-0.3, -0.25) is 0 Å². The van der Waals surface area contributed by atoms with Crippen molar-refractivity contribution in [1.29, 1.82) is 0 Å². The Bertz CT molecular complexity index is 943. The van der Waals surface area contributed by atoms with Crippen LogP contribution >= 0.6 is 0 Å². The summed E-state index contributed by atoms with van der Waals surface area (Å²) in [5.74, 6) is -1.65. The number of rotatable bonds is 17. The molecule has 0 bridgehead atoms. The second-order valence-electron chi connectivity index (χ2n) is 11.9. The topological polar surface area (TPSA) is 243 Å². The minimum absolute atomic E-state index is 0.0613. The van der Waals surface area contributed by atoms with Gasteiger partial charge in [0.25, 0.3) is 0 Å². The SMILES string of the molecule is C=C(COC1[C@H](O[C@@H]2C(COC)O[C@@H](O)C(O)C2O)OC(COC)[C@@H](O[C@]2(C)OC(COCC(C)O)[C@@H](O)C(O)C2OC)[C@@H]1O)OC. The number of hydrogen-bond donors (Lipinski definition) is 7. The first-order valence-corrected chi connectivity index (χ1v) is 15.2. The summed E-state index contributed by atoms with van der Waals surface area (Å²) < 4.78 is 62.6. The van der Waals surface area contributed by atoms with Crippen LogP contribution in [0.3, 0.4) is 0 Å². The maximum atomic E-state index is 11.8. The first-order chi connectivity index (χ1) is 22.2. The molecule has 0 radical (unpaired) electrons. The lowest BCUT2D eigenvalue weighted by Crippen LogP contribution is -2.70. The molecular formula is C29H52O18. The minimum Gasteiger partial charge on any atom is -0.499 e. The zero-order chi connectivity index (χ0) is 35.1. The minimum atomic E-state index is -1.83. The average Bonchev–Trinajstić information content (AvgIpc) is 3.02. The molecule has 0 aliphatic carbocycles. The van der Waals surface area contributed by atoms with Gasteiger partial charge in [-0.25, -0.2) is 0 Å². The van der Waals surface area contributed by atoms with Crippen LogP contribution in [0.15, 0.2) is 12.3 Å². The highest BCUT2D eigenvalue weighted by molar-refractivity contribution is 5.01. The highest BCUT2D eigenvalue weighted by atomic mass is 16.8. The fraction of sp³-hybridized carbons (Fsp3) is 0.931. The molecule has 0 spiro atoms. The van der Waals surface area contributed by atoms with E-state index in [0.717, 1.165) is 0 Å². The lowest BCUT2D eigenvalue weighted by molar-refractivity contribution is -0.409. The van der Waals surface area contributed by atoms with E-state index in [4.69, 9.17) is 52.1 Å². The molecule has 0 saturated carbocycles. The van der Waals surface area contributed by atoms with Crippen molar-refractivity contribution in [2.45, 2.75) is 112 Å². The summed E-state index contributed by atoms with van der Waals surface area (Å²) in [6.45, 7) is 5.84. The van der Waals surface area contributed by atoms with E-state index in [2.05, 4.69) is 6.58 Å². The van der Waals surface area contributed by atoms with Crippen LogP contribution in [0.5, 0.6) is 0 Å². The Morgan fingerprint density at radius 3 is 2.00 bits per heavy atom. The summed E-state index contributed by atoms with van der Waals surface area (Å²) in [6.07, 6.45) is -20.6. The molecule has 3 fully saturated rings. The largest absolute Gasteiger partial charge is 0.499 e. The van der Waals surface area contributed by atoms with Gasteiger partial charge in [-0.05, 0) is 13.8 Å². The van der Waals surface area contributed by atoms with Crippen LogP contribution in [0.25, 0.3) is 0 Å². The molecule has 18 nitrogen and oxygen atoms in total. The van der Waals surface area contributed by atoms with E-state index in [1.165, 1.54) is 42.3 Å². The molecule has 0 aromatic heterocycles. The number of ether oxygens (including phenoxy) is 11. The molecule has 47 heavy (non-hydrogen) atoms. The highest BCUT2D eigenvalue weighted by Gasteiger charge is 2.58. The molecule has 0 aromatic rings. The van der Waals surface area contributed by atoms with Crippen molar-refractivity contribution < 1.29 is 87.9 Å². The molecule has 3 aliphatic heterocycles. The summed E-state index contributed by atoms with van der Waals surface area (Å²) >= 11 is 0. The van der Waals surface area contributed by atoms with Crippen LogP contribution in [0.1, 0.15) is 13.8 Å². The molecule has 276 valence electrons. The summed E-state index contributed by atoms with van der Waals surface area (Å²) in [5, 5.41) is 74.3. The van der Waals surface area contributed by atoms with Gasteiger partial charge in [-0.1, -0.05) is 6.58 Å². The maximum Gasteiger partial charge on any atom is 0.195 e. The van der Waals surface area contributed by atoms with Crippen molar-refractivity contribution in [3.63, 3.8) is 0 Å². The maximum absolute atomic E-state index is 11.8. The van der Waals surface area contributed by atoms with E-state index in [1.807, 2.05) is 0 Å². The molecule has 3 aliphatic rings. The van der Waals surface area contributed by atoms with Gasteiger partial charge in [-0.15, -0.1) is 0 Å². The number of hydrogen-bond acceptors (Lipinski definition) is 18. The molecule has 3 saturated heterocycles. The van der Waals surface area contributed by atoms with Gasteiger partial charge in [0.15, 0.2) is 18.4 Å². The van der Waals surface area contributed by atoms with Crippen LogP contribution < -0.4 is 0 Å². The standard InChI is InChI=1S/C29H52O18/c1-13(30)8-41-12-15-18(31)20(33)26(40-7)29(3,46-15)47-24-17(11-38-5)44-28(25(22(24)35)42-9-14(2)39-6)45-23-16(10-37-4)43-27(36)21(34)19(23)32/h13,15-28,30-36H,2,8-12H2,1,3-7H3/t13?,15?,16?,17?,18-,19?,20?,21?,22+,23-,24-,25?,26?,27-,28+,29+/m1/s1. The van der Waals surface area contributed by atoms with E-state index < -0.39 is 97.7 Å². The molecule has 0 amide bonds. The number of methoxy groups -OCH3 is 4. The lowest BCUT2D eigenvalue weighted by atomic mass is 9.91. The van der Waals surface area contributed by atoms with Crippen LogP contribution in [0, 0.1) is 0 Å². The Morgan fingerprint density at radius 1 is 0.787 bits per heavy atom. The van der Waals surface area contributed by atoms with Crippen molar-refractivity contribution >= 4 is 0 Å². The van der Waals surface area contributed by atoms with Crippen molar-refractivity contribution in [1.82, 2.24) is 0 Å². The smallest absolute Gasteiger partial charge is 0.195 e. The zero-order valence-electron chi connectivity index (χ0n) is 27.5. The van der Waals surface area contributed by atoms with Gasteiger partial charge >= 0.3 is 0 Å². The third kappa shape index (κ3) is 9.77. The summed E-state index contributed by atoms with van der Waals surface area (Å²) in [6, 6.07) is 0.